The van der Waals surface area contributed by atoms with Crippen molar-refractivity contribution >= 4 is 23.5 Å². The van der Waals surface area contributed by atoms with Gasteiger partial charge in [0.1, 0.15) is 0 Å². The van der Waals surface area contributed by atoms with Gasteiger partial charge in [-0.25, -0.2) is 9.97 Å². The van der Waals surface area contributed by atoms with E-state index in [4.69, 9.17) is 11.6 Å². The highest BCUT2D eigenvalue weighted by Gasteiger charge is 2.43. The van der Waals surface area contributed by atoms with Crippen LogP contribution in [0.3, 0.4) is 0 Å². The van der Waals surface area contributed by atoms with Crippen LogP contribution >= 0.6 is 11.6 Å². The predicted octanol–water partition coefficient (Wildman–Crippen LogP) is 3.52. The van der Waals surface area contributed by atoms with Crippen LogP contribution < -0.4 is 4.90 Å². The number of anilines is 1. The summed E-state index contributed by atoms with van der Waals surface area (Å²) in [5.74, 6) is 1.29. The molecule has 5 nitrogen and oxygen atoms in total. The Hall–Kier alpha value is -1.36. The Bertz CT molecular complexity index is 631. The molecule has 0 spiro atoms. The molecule has 0 unspecified atom stereocenters. The third-order valence-electron chi connectivity index (χ3n) is 5.90. The van der Waals surface area contributed by atoms with Crippen molar-refractivity contribution in [3.8, 4) is 0 Å². The second kappa shape index (κ2) is 6.51. The van der Waals surface area contributed by atoms with Crippen LogP contribution in [0.25, 0.3) is 0 Å². The quantitative estimate of drug-likeness (QED) is 0.820. The lowest BCUT2D eigenvalue weighted by Gasteiger charge is -2.33. The van der Waals surface area contributed by atoms with E-state index in [2.05, 4.69) is 26.7 Å². The Labute approximate surface area is 148 Å². The first kappa shape index (κ1) is 16.1. The fraction of sp³-hybridized carbons (Fsp3) is 0.722. The number of nitrogens with zero attached hydrogens (tertiary/aromatic N) is 4. The SMILES string of the molecule is C[C@@H]1C[C@H]2CCCC[C@H]2N1C(=O)c1nc(N2CCCC2)ncc1Cl. The molecule has 0 bridgehead atoms. The summed E-state index contributed by atoms with van der Waals surface area (Å²) in [6, 6.07) is 0.634. The topological polar surface area (TPSA) is 49.3 Å². The number of carbonyl (C=O) groups is 1. The van der Waals surface area contributed by atoms with Crippen LogP contribution in [0, 0.1) is 5.92 Å². The number of halogens is 1. The lowest BCUT2D eigenvalue weighted by molar-refractivity contribution is 0.0627. The summed E-state index contributed by atoms with van der Waals surface area (Å²) in [5.41, 5.74) is 0.381. The van der Waals surface area contributed by atoms with E-state index in [1.807, 2.05) is 0 Å². The van der Waals surface area contributed by atoms with E-state index in [-0.39, 0.29) is 11.9 Å². The van der Waals surface area contributed by atoms with Gasteiger partial charge >= 0.3 is 0 Å². The molecule has 1 aromatic rings. The van der Waals surface area contributed by atoms with Crippen molar-refractivity contribution in [1.82, 2.24) is 14.9 Å². The zero-order valence-corrected chi connectivity index (χ0v) is 15.0. The maximum atomic E-state index is 13.2. The molecule has 130 valence electrons. The van der Waals surface area contributed by atoms with Crippen molar-refractivity contribution in [2.24, 2.45) is 5.92 Å². The molecule has 0 N–H and O–H groups in total. The van der Waals surface area contributed by atoms with Gasteiger partial charge in [0.25, 0.3) is 5.91 Å². The summed E-state index contributed by atoms with van der Waals surface area (Å²) in [6.07, 6.45) is 9.88. The molecule has 24 heavy (non-hydrogen) atoms. The van der Waals surface area contributed by atoms with E-state index >= 15 is 0 Å². The van der Waals surface area contributed by atoms with Crippen LogP contribution in [0.4, 0.5) is 5.95 Å². The van der Waals surface area contributed by atoms with Crippen molar-refractivity contribution in [2.45, 2.75) is 64.0 Å². The standard InChI is InChI=1S/C18H25ClN4O/c1-12-10-13-6-2-3-7-15(13)23(12)17(24)16-14(19)11-20-18(21-16)22-8-4-5-9-22/h11-13,15H,2-10H2,1H3/t12-,13-,15-/m1/s1. The molecule has 3 aliphatic rings. The third-order valence-corrected chi connectivity index (χ3v) is 6.18. The van der Waals surface area contributed by atoms with Gasteiger partial charge in [-0.2, -0.15) is 0 Å². The highest BCUT2D eigenvalue weighted by atomic mass is 35.5. The van der Waals surface area contributed by atoms with Gasteiger partial charge in [0.05, 0.1) is 11.2 Å². The molecule has 1 saturated carbocycles. The number of amides is 1. The molecule has 1 amide bonds. The minimum atomic E-state index is -0.00949. The average Bonchev–Trinajstić information content (AvgIpc) is 3.21. The zero-order valence-electron chi connectivity index (χ0n) is 14.2. The lowest BCUT2D eigenvalue weighted by Crippen LogP contribution is -2.43. The van der Waals surface area contributed by atoms with E-state index in [0.717, 1.165) is 38.8 Å². The second-order valence-corrected chi connectivity index (χ2v) is 7.88. The Morgan fingerprint density at radius 2 is 1.96 bits per heavy atom. The van der Waals surface area contributed by atoms with Crippen molar-refractivity contribution in [2.75, 3.05) is 18.0 Å². The molecule has 1 aliphatic carbocycles. The Balaban J connectivity index is 1.62. The van der Waals surface area contributed by atoms with E-state index in [9.17, 15) is 4.79 Å². The fourth-order valence-electron chi connectivity index (χ4n) is 4.76. The van der Waals surface area contributed by atoms with Crippen LogP contribution in [0.1, 0.15) is 62.4 Å². The molecule has 0 aromatic carbocycles. The van der Waals surface area contributed by atoms with Crippen molar-refractivity contribution in [3.05, 3.63) is 16.9 Å². The molecule has 2 saturated heterocycles. The molecule has 6 heteroatoms. The molecule has 1 aromatic heterocycles. The second-order valence-electron chi connectivity index (χ2n) is 7.47. The van der Waals surface area contributed by atoms with Crippen molar-refractivity contribution in [3.63, 3.8) is 0 Å². The smallest absolute Gasteiger partial charge is 0.274 e. The normalized spacial score (nSPS) is 29.8. The summed E-state index contributed by atoms with van der Waals surface area (Å²) >= 11 is 6.31. The highest BCUT2D eigenvalue weighted by molar-refractivity contribution is 6.33. The van der Waals surface area contributed by atoms with E-state index in [1.165, 1.54) is 19.3 Å². The number of aromatic nitrogens is 2. The molecular formula is C18H25ClN4O. The summed E-state index contributed by atoms with van der Waals surface area (Å²) in [6.45, 7) is 4.08. The van der Waals surface area contributed by atoms with Crippen LogP contribution in [0.15, 0.2) is 6.20 Å². The van der Waals surface area contributed by atoms with Gasteiger partial charge in [-0.3, -0.25) is 4.79 Å². The average molecular weight is 349 g/mol. The summed E-state index contributed by atoms with van der Waals surface area (Å²) < 4.78 is 0. The van der Waals surface area contributed by atoms with Gasteiger partial charge in [-0.15, -0.1) is 0 Å². The first-order valence-electron chi connectivity index (χ1n) is 9.25. The largest absolute Gasteiger partial charge is 0.341 e. The highest BCUT2D eigenvalue weighted by Crippen LogP contribution is 2.40. The van der Waals surface area contributed by atoms with E-state index < -0.39 is 0 Å². The summed E-state index contributed by atoms with van der Waals surface area (Å²) in [4.78, 5) is 26.3. The third kappa shape index (κ3) is 2.77. The number of hydrogen-bond donors (Lipinski definition) is 0. The van der Waals surface area contributed by atoms with Crippen LogP contribution in [0.5, 0.6) is 0 Å². The minimum Gasteiger partial charge on any atom is -0.341 e. The van der Waals surface area contributed by atoms with Crippen molar-refractivity contribution < 1.29 is 4.79 Å². The number of hydrogen-bond acceptors (Lipinski definition) is 4. The maximum absolute atomic E-state index is 13.2. The predicted molar refractivity (Wildman–Crippen MR) is 94.5 cm³/mol. The van der Waals surface area contributed by atoms with Gasteiger partial charge < -0.3 is 9.80 Å². The first-order chi connectivity index (χ1) is 11.6. The molecule has 0 radical (unpaired) electrons. The zero-order chi connectivity index (χ0) is 16.7. The molecule has 3 atom stereocenters. The minimum absolute atomic E-state index is 0.00949. The molecule has 4 rings (SSSR count). The van der Waals surface area contributed by atoms with Gasteiger partial charge in [-0.05, 0) is 44.9 Å². The van der Waals surface area contributed by atoms with Gasteiger partial charge in [-0.1, -0.05) is 24.4 Å². The lowest BCUT2D eigenvalue weighted by atomic mass is 9.85. The van der Waals surface area contributed by atoms with Gasteiger partial charge in [0.2, 0.25) is 5.95 Å². The van der Waals surface area contributed by atoms with Crippen molar-refractivity contribution in [1.29, 1.82) is 0 Å². The van der Waals surface area contributed by atoms with Crippen LogP contribution in [-0.4, -0.2) is 45.9 Å². The van der Waals surface area contributed by atoms with E-state index in [1.54, 1.807) is 6.20 Å². The monoisotopic (exact) mass is 348 g/mol. The van der Waals surface area contributed by atoms with Crippen LogP contribution in [0.2, 0.25) is 5.02 Å². The summed E-state index contributed by atoms with van der Waals surface area (Å²) in [7, 11) is 0. The molecular weight excluding hydrogens is 324 g/mol. The number of fused-ring (bicyclic) bond motifs is 1. The Kier molecular flexibility index (Phi) is 4.37. The Morgan fingerprint density at radius 1 is 1.21 bits per heavy atom. The summed E-state index contributed by atoms with van der Waals surface area (Å²) in [5, 5.41) is 0.370. The maximum Gasteiger partial charge on any atom is 0.274 e. The number of rotatable bonds is 2. The Morgan fingerprint density at radius 3 is 2.75 bits per heavy atom. The fourth-order valence-corrected chi connectivity index (χ4v) is 4.93. The molecule has 3 fully saturated rings. The van der Waals surface area contributed by atoms with Gasteiger partial charge in [0.15, 0.2) is 5.69 Å². The van der Waals surface area contributed by atoms with E-state index in [0.29, 0.717) is 28.6 Å². The van der Waals surface area contributed by atoms with Gasteiger partial charge in [0, 0.05) is 25.2 Å². The number of likely N-dealkylation sites (tertiary alicyclic amines) is 1. The number of carbonyl (C=O) groups excluding carboxylic acids is 1. The van der Waals surface area contributed by atoms with Crippen LogP contribution in [-0.2, 0) is 0 Å². The first-order valence-corrected chi connectivity index (χ1v) is 9.63. The molecule has 3 heterocycles. The molecule has 2 aliphatic heterocycles.